The third-order valence-corrected chi connectivity index (χ3v) is 3.88. The molecule has 1 unspecified atom stereocenters. The van der Waals surface area contributed by atoms with Gasteiger partial charge in [-0.25, -0.2) is 12.7 Å². The van der Waals surface area contributed by atoms with E-state index < -0.39 is 10.0 Å². The number of sulfonamides is 1. The van der Waals surface area contributed by atoms with Crippen molar-refractivity contribution >= 4 is 16.0 Å². The van der Waals surface area contributed by atoms with Crippen molar-refractivity contribution in [2.24, 2.45) is 0 Å². The summed E-state index contributed by atoms with van der Waals surface area (Å²) in [5.41, 5.74) is 0. The van der Waals surface area contributed by atoms with Crippen LogP contribution in [0.15, 0.2) is 0 Å². The van der Waals surface area contributed by atoms with Crippen LogP contribution >= 0.6 is 0 Å². The number of nitrogens with zero attached hydrogens (tertiary/aromatic N) is 1. The molecule has 6 nitrogen and oxygen atoms in total. The average molecular weight is 280 g/mol. The second-order valence-electron chi connectivity index (χ2n) is 4.04. The minimum Gasteiger partial charge on any atom is -0.465 e. The molecule has 7 heteroatoms. The van der Waals surface area contributed by atoms with Crippen molar-refractivity contribution in [1.82, 2.24) is 9.62 Å². The first-order valence-corrected chi connectivity index (χ1v) is 8.02. The Bertz CT molecular complexity index is 343. The maximum absolute atomic E-state index is 11.3. The summed E-state index contributed by atoms with van der Waals surface area (Å²) in [6.45, 7) is 7.15. The number of carbonyl (C=O) groups is 1. The number of hydrogen-bond donors (Lipinski definition) is 1. The van der Waals surface area contributed by atoms with Gasteiger partial charge in [0.2, 0.25) is 10.0 Å². The number of ether oxygens (including phenoxy) is 1. The number of esters is 1. The number of hydrogen-bond acceptors (Lipinski definition) is 5. The number of rotatable bonds is 9. The van der Waals surface area contributed by atoms with Crippen molar-refractivity contribution in [3.05, 3.63) is 0 Å². The number of nitrogens with one attached hydrogen (secondary N) is 1. The Morgan fingerprint density at radius 3 is 2.44 bits per heavy atom. The first-order valence-electron chi connectivity index (χ1n) is 6.18. The predicted molar refractivity (Wildman–Crippen MR) is 70.8 cm³/mol. The quantitative estimate of drug-likeness (QED) is 0.482. The van der Waals surface area contributed by atoms with E-state index in [2.05, 4.69) is 5.32 Å². The molecular formula is C11H24N2O4S. The van der Waals surface area contributed by atoms with E-state index in [0.717, 1.165) is 0 Å². The molecule has 108 valence electrons. The van der Waals surface area contributed by atoms with Crippen molar-refractivity contribution in [2.45, 2.75) is 33.2 Å². The lowest BCUT2D eigenvalue weighted by atomic mass is 10.3. The topological polar surface area (TPSA) is 75.7 Å². The summed E-state index contributed by atoms with van der Waals surface area (Å²) in [5.74, 6) is -0.284. The fraction of sp³-hybridized carbons (Fsp3) is 0.909. The molecule has 0 aromatic heterocycles. The van der Waals surface area contributed by atoms with Crippen molar-refractivity contribution in [3.8, 4) is 0 Å². The van der Waals surface area contributed by atoms with E-state index in [1.807, 2.05) is 0 Å². The van der Waals surface area contributed by atoms with Crippen LogP contribution in [0.25, 0.3) is 0 Å². The summed E-state index contributed by atoms with van der Waals surface area (Å²) >= 11 is 0. The van der Waals surface area contributed by atoms with Crippen LogP contribution in [0.3, 0.4) is 0 Å². The molecule has 1 N–H and O–H groups in total. The van der Waals surface area contributed by atoms with Gasteiger partial charge in [-0.1, -0.05) is 6.92 Å². The van der Waals surface area contributed by atoms with Crippen LogP contribution in [0.5, 0.6) is 0 Å². The summed E-state index contributed by atoms with van der Waals surface area (Å²) in [6, 6.07) is -0.363. The third kappa shape index (κ3) is 6.93. The highest BCUT2D eigenvalue weighted by atomic mass is 32.2. The van der Waals surface area contributed by atoms with Gasteiger partial charge in [-0.2, -0.15) is 0 Å². The van der Waals surface area contributed by atoms with Gasteiger partial charge in [0.1, 0.15) is 6.04 Å². The SMILES string of the molecule is CCOC(=O)C(C)NCCCN(CC)S(C)(=O)=O. The molecule has 0 radical (unpaired) electrons. The van der Waals surface area contributed by atoms with Crippen LogP contribution < -0.4 is 5.32 Å². The van der Waals surface area contributed by atoms with Gasteiger partial charge in [-0.05, 0) is 26.8 Å². The van der Waals surface area contributed by atoms with E-state index in [9.17, 15) is 13.2 Å². The Morgan fingerprint density at radius 1 is 1.39 bits per heavy atom. The lowest BCUT2D eigenvalue weighted by Crippen LogP contribution is -2.38. The molecule has 0 aliphatic carbocycles. The molecule has 18 heavy (non-hydrogen) atoms. The number of carbonyl (C=O) groups excluding carboxylic acids is 1. The highest BCUT2D eigenvalue weighted by Crippen LogP contribution is 1.98. The fourth-order valence-electron chi connectivity index (χ4n) is 1.48. The molecule has 0 saturated heterocycles. The molecule has 1 atom stereocenters. The van der Waals surface area contributed by atoms with E-state index in [0.29, 0.717) is 32.7 Å². The molecule has 0 spiro atoms. The largest absolute Gasteiger partial charge is 0.465 e. The lowest BCUT2D eigenvalue weighted by molar-refractivity contribution is -0.145. The standard InChI is InChI=1S/C11H24N2O4S/c1-5-13(18(4,15)16)9-7-8-12-10(3)11(14)17-6-2/h10,12H,5-9H2,1-4H3. The Labute approximate surface area is 110 Å². The van der Waals surface area contributed by atoms with Crippen LogP contribution in [0, 0.1) is 0 Å². The Morgan fingerprint density at radius 2 is 2.00 bits per heavy atom. The fourth-order valence-corrected chi connectivity index (χ4v) is 2.41. The summed E-state index contributed by atoms with van der Waals surface area (Å²) < 4.78 is 28.9. The normalized spacial score (nSPS) is 13.6. The Balaban J connectivity index is 3.89. The maximum atomic E-state index is 11.3. The van der Waals surface area contributed by atoms with Gasteiger partial charge >= 0.3 is 5.97 Å². The summed E-state index contributed by atoms with van der Waals surface area (Å²) in [7, 11) is -3.13. The zero-order valence-corrected chi connectivity index (χ0v) is 12.4. The Hall–Kier alpha value is -0.660. The van der Waals surface area contributed by atoms with Crippen molar-refractivity contribution < 1.29 is 17.9 Å². The summed E-state index contributed by atoms with van der Waals surface area (Å²) in [6.07, 6.45) is 1.86. The Kier molecular flexibility index (Phi) is 8.13. The summed E-state index contributed by atoms with van der Waals surface area (Å²) in [4.78, 5) is 11.3. The van der Waals surface area contributed by atoms with Gasteiger partial charge in [0.05, 0.1) is 12.9 Å². The molecule has 0 aromatic carbocycles. The average Bonchev–Trinajstić information content (AvgIpc) is 2.27. The molecule has 0 heterocycles. The molecule has 0 saturated carbocycles. The van der Waals surface area contributed by atoms with Gasteiger partial charge in [0.15, 0.2) is 0 Å². The summed E-state index contributed by atoms with van der Waals surface area (Å²) in [5, 5.41) is 3.00. The van der Waals surface area contributed by atoms with Gasteiger partial charge in [0, 0.05) is 13.1 Å². The van der Waals surface area contributed by atoms with Gasteiger partial charge in [-0.15, -0.1) is 0 Å². The van der Waals surface area contributed by atoms with Crippen molar-refractivity contribution in [1.29, 1.82) is 0 Å². The van der Waals surface area contributed by atoms with Crippen LogP contribution in [0.1, 0.15) is 27.2 Å². The van der Waals surface area contributed by atoms with Gasteiger partial charge < -0.3 is 10.1 Å². The minimum absolute atomic E-state index is 0.284. The lowest BCUT2D eigenvalue weighted by Gasteiger charge is -2.18. The molecule has 0 rings (SSSR count). The monoisotopic (exact) mass is 280 g/mol. The van der Waals surface area contributed by atoms with Crippen molar-refractivity contribution in [3.63, 3.8) is 0 Å². The second-order valence-corrected chi connectivity index (χ2v) is 6.02. The predicted octanol–water partition coefficient (Wildman–Crippen LogP) is 0.199. The first kappa shape index (κ1) is 17.3. The second kappa shape index (κ2) is 8.44. The molecule has 0 amide bonds. The van der Waals surface area contributed by atoms with E-state index >= 15 is 0 Å². The highest BCUT2D eigenvalue weighted by Gasteiger charge is 2.15. The molecule has 0 aliphatic heterocycles. The van der Waals surface area contributed by atoms with Gasteiger partial charge in [-0.3, -0.25) is 4.79 Å². The third-order valence-electron chi connectivity index (χ3n) is 2.50. The molecule has 0 fully saturated rings. The van der Waals surface area contributed by atoms with E-state index in [1.54, 1.807) is 20.8 Å². The molecule has 0 aliphatic rings. The minimum atomic E-state index is -3.13. The molecular weight excluding hydrogens is 256 g/mol. The van der Waals surface area contributed by atoms with Crippen LogP contribution in [-0.4, -0.2) is 57.2 Å². The van der Waals surface area contributed by atoms with Crippen LogP contribution in [-0.2, 0) is 19.6 Å². The zero-order valence-electron chi connectivity index (χ0n) is 11.6. The van der Waals surface area contributed by atoms with E-state index in [4.69, 9.17) is 4.74 Å². The zero-order chi connectivity index (χ0) is 14.2. The van der Waals surface area contributed by atoms with Crippen molar-refractivity contribution in [2.75, 3.05) is 32.5 Å². The highest BCUT2D eigenvalue weighted by molar-refractivity contribution is 7.88. The van der Waals surface area contributed by atoms with Gasteiger partial charge in [0.25, 0.3) is 0 Å². The van der Waals surface area contributed by atoms with E-state index in [1.165, 1.54) is 10.6 Å². The van der Waals surface area contributed by atoms with Crippen LogP contribution in [0.2, 0.25) is 0 Å². The van der Waals surface area contributed by atoms with E-state index in [-0.39, 0.29) is 12.0 Å². The molecule has 0 bridgehead atoms. The smallest absolute Gasteiger partial charge is 0.322 e. The van der Waals surface area contributed by atoms with Crippen LogP contribution in [0.4, 0.5) is 0 Å². The first-order chi connectivity index (χ1) is 8.32. The molecule has 0 aromatic rings. The maximum Gasteiger partial charge on any atom is 0.322 e.